The maximum absolute atomic E-state index is 2.58. The van der Waals surface area contributed by atoms with Crippen molar-refractivity contribution in [3.8, 4) is 22.3 Å². The number of fused-ring (bicyclic) bond motifs is 17. The fraction of sp³-hybridized carbons (Fsp3) is 0.104. The Morgan fingerprint density at radius 2 is 0.739 bits per heavy atom. The van der Waals surface area contributed by atoms with Crippen LogP contribution in [0, 0.1) is 0 Å². The zero-order valence-electron chi connectivity index (χ0n) is 39.5. The molecule has 0 aromatic heterocycles. The van der Waals surface area contributed by atoms with Gasteiger partial charge in [-0.1, -0.05) is 191 Å². The van der Waals surface area contributed by atoms with E-state index < -0.39 is 5.41 Å². The Bertz CT molecular complexity index is 3730. The van der Waals surface area contributed by atoms with Crippen molar-refractivity contribution in [1.82, 2.24) is 0 Å². The molecule has 2 aliphatic carbocycles. The van der Waals surface area contributed by atoms with Crippen LogP contribution >= 0.6 is 0 Å². The molecule has 0 atom stereocenters. The van der Waals surface area contributed by atoms with Gasteiger partial charge < -0.3 is 9.80 Å². The molecule has 0 saturated heterocycles. The molecule has 1 spiro atoms. The van der Waals surface area contributed by atoms with Gasteiger partial charge in [-0.05, 0) is 161 Å². The van der Waals surface area contributed by atoms with Crippen LogP contribution in [0.1, 0.15) is 72.9 Å². The Kier molecular flexibility index (Phi) is 9.49. The number of para-hydroxylation sites is 2. The smallest absolute Gasteiger partial charge is 0.0732 e. The van der Waals surface area contributed by atoms with Crippen LogP contribution in [0.3, 0.4) is 0 Å². The van der Waals surface area contributed by atoms with Crippen LogP contribution in [-0.4, -0.2) is 0 Å². The summed E-state index contributed by atoms with van der Waals surface area (Å²) in [6.45, 7) is 9.06. The van der Waals surface area contributed by atoms with Crippen molar-refractivity contribution in [2.45, 2.75) is 44.9 Å². The first-order chi connectivity index (χ1) is 33.9. The Labute approximate surface area is 405 Å². The predicted molar refractivity (Wildman–Crippen MR) is 293 cm³/mol. The molecule has 69 heavy (non-hydrogen) atoms. The lowest BCUT2D eigenvalue weighted by Crippen LogP contribution is -2.26. The maximum Gasteiger partial charge on any atom is 0.0732 e. The highest BCUT2D eigenvalue weighted by atomic mass is 15.1. The number of anilines is 6. The summed E-state index contributed by atoms with van der Waals surface area (Å²) in [6, 6.07) is 86.8. The van der Waals surface area contributed by atoms with Gasteiger partial charge in [0.05, 0.1) is 11.1 Å². The van der Waals surface area contributed by atoms with Gasteiger partial charge in [-0.25, -0.2) is 0 Å². The van der Waals surface area contributed by atoms with Gasteiger partial charge >= 0.3 is 0 Å². The fourth-order valence-corrected chi connectivity index (χ4v) is 12.0. The zero-order chi connectivity index (χ0) is 46.4. The Morgan fingerprint density at radius 3 is 1.30 bits per heavy atom. The summed E-state index contributed by atoms with van der Waals surface area (Å²) in [5.41, 5.74) is 19.4. The van der Waals surface area contributed by atoms with Crippen LogP contribution in [0.25, 0.3) is 54.6 Å². The molecule has 0 aliphatic heterocycles. The summed E-state index contributed by atoms with van der Waals surface area (Å²) >= 11 is 0. The highest BCUT2D eigenvalue weighted by molar-refractivity contribution is 6.24. The quantitative estimate of drug-likeness (QED) is 0.140. The normalized spacial score (nSPS) is 13.0. The van der Waals surface area contributed by atoms with Crippen molar-refractivity contribution < 1.29 is 0 Å². The van der Waals surface area contributed by atoms with E-state index in [0.717, 1.165) is 28.4 Å². The second kappa shape index (κ2) is 16.0. The standard InChI is InChI=1S/C67H52N2/c1-43(2)45-31-35-49(36-32-45)68(47-19-7-5-8-20-47)51-39-40-58-59(41-51)52-23-11-13-27-56(52)65-64-57-28-14-12-26-55(57)63(69(48-21-9-6-10-22-48)50-37-33-46(34-38-50)44(3)4)42-62(64)67(66(58)65)60-29-17-15-24-53(60)54-25-16-18-30-61(54)67/h5-44H,1-4H3. The van der Waals surface area contributed by atoms with E-state index in [-0.39, 0.29) is 0 Å². The van der Waals surface area contributed by atoms with E-state index in [1.165, 1.54) is 93.6 Å². The zero-order valence-corrected chi connectivity index (χ0v) is 39.5. The van der Waals surface area contributed by atoms with E-state index in [2.05, 4.69) is 268 Å². The second-order valence-corrected chi connectivity index (χ2v) is 19.6. The summed E-state index contributed by atoms with van der Waals surface area (Å²) in [4.78, 5) is 4.91. The first-order valence-electron chi connectivity index (χ1n) is 24.6. The predicted octanol–water partition coefficient (Wildman–Crippen LogP) is 18.7. The summed E-state index contributed by atoms with van der Waals surface area (Å²) in [6.07, 6.45) is 0. The molecular weight excluding hydrogens is 833 g/mol. The van der Waals surface area contributed by atoms with E-state index in [0.29, 0.717) is 11.8 Å². The minimum Gasteiger partial charge on any atom is -0.310 e. The average Bonchev–Trinajstić information content (AvgIpc) is 3.88. The number of rotatable bonds is 8. The van der Waals surface area contributed by atoms with Crippen LogP contribution < -0.4 is 9.80 Å². The second-order valence-electron chi connectivity index (χ2n) is 19.6. The fourth-order valence-electron chi connectivity index (χ4n) is 12.0. The Balaban J connectivity index is 1.16. The van der Waals surface area contributed by atoms with Gasteiger partial charge in [0, 0.05) is 33.8 Å². The molecule has 0 amide bonds. The third-order valence-corrected chi connectivity index (χ3v) is 15.2. The summed E-state index contributed by atoms with van der Waals surface area (Å²) in [7, 11) is 0. The van der Waals surface area contributed by atoms with Crippen molar-refractivity contribution in [2.24, 2.45) is 0 Å². The molecule has 0 radical (unpaired) electrons. The largest absolute Gasteiger partial charge is 0.310 e. The van der Waals surface area contributed by atoms with Gasteiger partial charge in [0.2, 0.25) is 0 Å². The van der Waals surface area contributed by atoms with Crippen LogP contribution in [0.5, 0.6) is 0 Å². The molecular formula is C67H52N2. The molecule has 2 aliphatic rings. The molecule has 330 valence electrons. The lowest BCUT2D eigenvalue weighted by atomic mass is 9.69. The summed E-state index contributed by atoms with van der Waals surface area (Å²) < 4.78 is 0. The van der Waals surface area contributed by atoms with Crippen LogP contribution in [-0.2, 0) is 5.41 Å². The van der Waals surface area contributed by atoms with Gasteiger partial charge in [0.1, 0.15) is 0 Å². The molecule has 0 heterocycles. The number of hydrogen-bond donors (Lipinski definition) is 0. The molecule has 11 aromatic rings. The van der Waals surface area contributed by atoms with E-state index in [1.54, 1.807) is 0 Å². The summed E-state index contributed by atoms with van der Waals surface area (Å²) in [5, 5.41) is 7.52. The molecule has 0 saturated carbocycles. The van der Waals surface area contributed by atoms with E-state index in [1.807, 2.05) is 0 Å². The van der Waals surface area contributed by atoms with Crippen LogP contribution in [0.2, 0.25) is 0 Å². The molecule has 2 heteroatoms. The van der Waals surface area contributed by atoms with Gasteiger partial charge in [-0.15, -0.1) is 0 Å². The van der Waals surface area contributed by atoms with Crippen LogP contribution in [0.4, 0.5) is 34.1 Å². The molecule has 0 unspecified atom stereocenters. The molecule has 2 nitrogen and oxygen atoms in total. The summed E-state index contributed by atoms with van der Waals surface area (Å²) in [5.74, 6) is 0.885. The van der Waals surface area contributed by atoms with Crippen molar-refractivity contribution >= 4 is 66.4 Å². The van der Waals surface area contributed by atoms with E-state index in [4.69, 9.17) is 0 Å². The minimum atomic E-state index is -0.629. The Morgan fingerprint density at radius 1 is 0.304 bits per heavy atom. The number of hydrogen-bond acceptors (Lipinski definition) is 2. The third kappa shape index (κ3) is 6.11. The molecule has 0 fully saturated rings. The first-order valence-corrected chi connectivity index (χ1v) is 24.6. The topological polar surface area (TPSA) is 6.48 Å². The average molecular weight is 885 g/mol. The van der Waals surface area contributed by atoms with Crippen molar-refractivity contribution in [3.63, 3.8) is 0 Å². The van der Waals surface area contributed by atoms with Crippen molar-refractivity contribution in [2.75, 3.05) is 9.80 Å². The van der Waals surface area contributed by atoms with Gasteiger partial charge in [0.25, 0.3) is 0 Å². The Hall–Kier alpha value is -8.20. The lowest BCUT2D eigenvalue weighted by Gasteiger charge is -2.34. The monoisotopic (exact) mass is 884 g/mol. The van der Waals surface area contributed by atoms with Crippen molar-refractivity contribution in [1.29, 1.82) is 0 Å². The molecule has 11 aromatic carbocycles. The first kappa shape index (κ1) is 41.0. The highest BCUT2D eigenvalue weighted by Gasteiger charge is 2.54. The minimum absolute atomic E-state index is 0.435. The van der Waals surface area contributed by atoms with Gasteiger partial charge in [-0.3, -0.25) is 0 Å². The molecule has 13 rings (SSSR count). The maximum atomic E-state index is 2.58. The van der Waals surface area contributed by atoms with Gasteiger partial charge in [-0.2, -0.15) is 0 Å². The SMILES string of the molecule is CC(C)c1ccc(N(c2ccccc2)c2ccc3c4c(c5ccccc5c3c2)-c2c(cc(N(c3ccccc3)c3ccc(C(C)C)cc3)c3ccccc23)C42c3ccccc3-c3ccccc32)cc1. The number of benzene rings is 11. The van der Waals surface area contributed by atoms with Gasteiger partial charge in [0.15, 0.2) is 0 Å². The molecule has 0 N–H and O–H groups in total. The lowest BCUT2D eigenvalue weighted by molar-refractivity contribution is 0.802. The van der Waals surface area contributed by atoms with E-state index in [9.17, 15) is 0 Å². The van der Waals surface area contributed by atoms with Crippen LogP contribution in [0.15, 0.2) is 231 Å². The van der Waals surface area contributed by atoms with E-state index >= 15 is 0 Å². The number of nitrogens with zero attached hydrogens (tertiary/aromatic N) is 2. The van der Waals surface area contributed by atoms with Crippen molar-refractivity contribution in [3.05, 3.63) is 264 Å². The third-order valence-electron chi connectivity index (χ3n) is 15.2. The molecule has 0 bridgehead atoms. The highest BCUT2D eigenvalue weighted by Crippen LogP contribution is 2.67.